The SMILES string of the molecule is CC(C)C(=O)O[C@H]1CC[C@H](C(C)(C)C)C1. The van der Waals surface area contributed by atoms with E-state index in [2.05, 4.69) is 20.8 Å². The zero-order chi connectivity index (χ0) is 11.6. The molecule has 0 amide bonds. The molecule has 0 bridgehead atoms. The van der Waals surface area contributed by atoms with E-state index in [-0.39, 0.29) is 18.0 Å². The first-order valence-electron chi connectivity index (χ1n) is 6.01. The Hall–Kier alpha value is -0.530. The highest BCUT2D eigenvalue weighted by molar-refractivity contribution is 5.71. The molecule has 0 saturated heterocycles. The van der Waals surface area contributed by atoms with Crippen LogP contribution in [0.5, 0.6) is 0 Å². The highest BCUT2D eigenvalue weighted by atomic mass is 16.5. The van der Waals surface area contributed by atoms with Crippen molar-refractivity contribution in [2.45, 2.75) is 60.0 Å². The van der Waals surface area contributed by atoms with Crippen LogP contribution in [0.1, 0.15) is 53.9 Å². The van der Waals surface area contributed by atoms with Crippen LogP contribution in [0.3, 0.4) is 0 Å². The lowest BCUT2D eigenvalue weighted by molar-refractivity contribution is -0.152. The number of esters is 1. The largest absolute Gasteiger partial charge is 0.462 e. The van der Waals surface area contributed by atoms with E-state index in [9.17, 15) is 4.79 Å². The molecule has 0 heterocycles. The molecule has 1 aliphatic rings. The van der Waals surface area contributed by atoms with Gasteiger partial charge in [0.2, 0.25) is 0 Å². The molecule has 15 heavy (non-hydrogen) atoms. The molecule has 0 N–H and O–H groups in total. The Kier molecular flexibility index (Phi) is 3.80. The van der Waals surface area contributed by atoms with Crippen LogP contribution in [-0.2, 0) is 9.53 Å². The Morgan fingerprint density at radius 3 is 2.27 bits per heavy atom. The summed E-state index contributed by atoms with van der Waals surface area (Å²) >= 11 is 0. The molecule has 1 rings (SSSR count). The van der Waals surface area contributed by atoms with Crippen LogP contribution in [0.2, 0.25) is 0 Å². The summed E-state index contributed by atoms with van der Waals surface area (Å²) in [5.74, 6) is 0.649. The van der Waals surface area contributed by atoms with Crippen LogP contribution in [0.4, 0.5) is 0 Å². The van der Waals surface area contributed by atoms with E-state index in [4.69, 9.17) is 4.74 Å². The molecule has 0 spiro atoms. The Morgan fingerprint density at radius 1 is 1.27 bits per heavy atom. The zero-order valence-corrected chi connectivity index (χ0v) is 10.7. The minimum Gasteiger partial charge on any atom is -0.462 e. The molecule has 0 aromatic carbocycles. The van der Waals surface area contributed by atoms with E-state index in [1.807, 2.05) is 13.8 Å². The van der Waals surface area contributed by atoms with E-state index >= 15 is 0 Å². The van der Waals surface area contributed by atoms with Crippen LogP contribution in [-0.4, -0.2) is 12.1 Å². The van der Waals surface area contributed by atoms with Crippen molar-refractivity contribution in [2.75, 3.05) is 0 Å². The van der Waals surface area contributed by atoms with Gasteiger partial charge < -0.3 is 4.74 Å². The van der Waals surface area contributed by atoms with Crippen molar-refractivity contribution in [2.24, 2.45) is 17.3 Å². The number of ether oxygens (including phenoxy) is 1. The van der Waals surface area contributed by atoms with Gasteiger partial charge >= 0.3 is 5.97 Å². The number of carbonyl (C=O) groups is 1. The lowest BCUT2D eigenvalue weighted by Gasteiger charge is -2.26. The smallest absolute Gasteiger partial charge is 0.308 e. The average molecular weight is 212 g/mol. The van der Waals surface area contributed by atoms with Gasteiger partial charge in [-0.05, 0) is 30.6 Å². The van der Waals surface area contributed by atoms with Gasteiger partial charge in [-0.25, -0.2) is 0 Å². The third-order valence-electron chi connectivity index (χ3n) is 3.36. The minimum atomic E-state index is -0.0467. The number of hydrogen-bond acceptors (Lipinski definition) is 2. The van der Waals surface area contributed by atoms with Crippen molar-refractivity contribution in [3.63, 3.8) is 0 Å². The van der Waals surface area contributed by atoms with E-state index in [1.165, 1.54) is 6.42 Å². The Bertz CT molecular complexity index is 225. The Balaban J connectivity index is 2.41. The molecule has 1 aliphatic carbocycles. The molecule has 0 aliphatic heterocycles. The molecule has 0 radical (unpaired) electrons. The molecule has 0 unspecified atom stereocenters. The first-order valence-corrected chi connectivity index (χ1v) is 6.01. The van der Waals surface area contributed by atoms with Crippen LogP contribution >= 0.6 is 0 Å². The fraction of sp³-hybridized carbons (Fsp3) is 0.923. The molecule has 2 nitrogen and oxygen atoms in total. The molecule has 0 aromatic heterocycles. The Labute approximate surface area is 93.4 Å². The second-order valence-electron chi connectivity index (χ2n) is 6.09. The van der Waals surface area contributed by atoms with Crippen molar-refractivity contribution in [1.29, 1.82) is 0 Å². The molecule has 1 fully saturated rings. The first kappa shape index (κ1) is 12.5. The minimum absolute atomic E-state index is 0.00122. The Morgan fingerprint density at radius 2 is 1.87 bits per heavy atom. The third kappa shape index (κ3) is 3.51. The van der Waals surface area contributed by atoms with Gasteiger partial charge in [0.1, 0.15) is 6.10 Å². The van der Waals surface area contributed by atoms with Crippen molar-refractivity contribution < 1.29 is 9.53 Å². The van der Waals surface area contributed by atoms with Gasteiger partial charge in [-0.15, -0.1) is 0 Å². The predicted molar refractivity (Wildman–Crippen MR) is 61.5 cm³/mol. The summed E-state index contributed by atoms with van der Waals surface area (Å²) in [5.41, 5.74) is 0.346. The lowest BCUT2D eigenvalue weighted by atomic mass is 9.80. The molecule has 88 valence electrons. The first-order chi connectivity index (χ1) is 6.80. The highest BCUT2D eigenvalue weighted by Gasteiger charge is 2.34. The van der Waals surface area contributed by atoms with Crippen LogP contribution in [0.15, 0.2) is 0 Å². The second kappa shape index (κ2) is 4.54. The molecule has 2 atom stereocenters. The fourth-order valence-electron chi connectivity index (χ4n) is 2.13. The van der Waals surface area contributed by atoms with Crippen molar-refractivity contribution in [1.82, 2.24) is 0 Å². The average Bonchev–Trinajstić information content (AvgIpc) is 2.51. The summed E-state index contributed by atoms with van der Waals surface area (Å²) in [6.45, 7) is 10.6. The molecular formula is C13H24O2. The quantitative estimate of drug-likeness (QED) is 0.656. The maximum Gasteiger partial charge on any atom is 0.308 e. The van der Waals surface area contributed by atoms with Gasteiger partial charge in [0.15, 0.2) is 0 Å². The normalized spacial score (nSPS) is 27.1. The topological polar surface area (TPSA) is 26.3 Å². The monoisotopic (exact) mass is 212 g/mol. The maximum absolute atomic E-state index is 11.4. The summed E-state index contributed by atoms with van der Waals surface area (Å²) in [6.07, 6.45) is 3.45. The predicted octanol–water partition coefficient (Wildman–Crippen LogP) is 3.40. The van der Waals surface area contributed by atoms with Gasteiger partial charge in [-0.1, -0.05) is 34.6 Å². The van der Waals surface area contributed by atoms with E-state index in [0.29, 0.717) is 11.3 Å². The highest BCUT2D eigenvalue weighted by Crippen LogP contribution is 2.40. The standard InChI is InChI=1S/C13H24O2/c1-9(2)12(14)15-11-7-6-10(8-11)13(3,4)5/h9-11H,6-8H2,1-5H3/t10-,11-/m0/s1. The zero-order valence-electron chi connectivity index (χ0n) is 10.7. The van der Waals surface area contributed by atoms with Crippen LogP contribution < -0.4 is 0 Å². The van der Waals surface area contributed by atoms with Crippen molar-refractivity contribution in [3.05, 3.63) is 0 Å². The second-order valence-corrected chi connectivity index (χ2v) is 6.09. The molecule has 1 saturated carbocycles. The third-order valence-corrected chi connectivity index (χ3v) is 3.36. The number of rotatable bonds is 2. The summed E-state index contributed by atoms with van der Waals surface area (Å²) in [5, 5.41) is 0. The van der Waals surface area contributed by atoms with Gasteiger partial charge in [0, 0.05) is 0 Å². The van der Waals surface area contributed by atoms with Crippen molar-refractivity contribution in [3.8, 4) is 0 Å². The molecule has 2 heteroatoms. The summed E-state index contributed by atoms with van der Waals surface area (Å²) in [6, 6.07) is 0. The maximum atomic E-state index is 11.4. The lowest BCUT2D eigenvalue weighted by Crippen LogP contribution is -2.22. The summed E-state index contributed by atoms with van der Waals surface area (Å²) in [4.78, 5) is 11.4. The van der Waals surface area contributed by atoms with Gasteiger partial charge in [0.05, 0.1) is 5.92 Å². The van der Waals surface area contributed by atoms with E-state index < -0.39 is 0 Å². The number of carbonyl (C=O) groups excluding carboxylic acids is 1. The summed E-state index contributed by atoms with van der Waals surface area (Å²) in [7, 11) is 0. The number of hydrogen-bond donors (Lipinski definition) is 0. The summed E-state index contributed by atoms with van der Waals surface area (Å²) < 4.78 is 5.46. The van der Waals surface area contributed by atoms with E-state index in [0.717, 1.165) is 12.8 Å². The van der Waals surface area contributed by atoms with Crippen LogP contribution in [0.25, 0.3) is 0 Å². The van der Waals surface area contributed by atoms with Gasteiger partial charge in [0.25, 0.3) is 0 Å². The fourth-order valence-corrected chi connectivity index (χ4v) is 2.13. The van der Waals surface area contributed by atoms with Crippen molar-refractivity contribution >= 4 is 5.97 Å². The van der Waals surface area contributed by atoms with Crippen LogP contribution in [0, 0.1) is 17.3 Å². The van der Waals surface area contributed by atoms with Gasteiger partial charge in [-0.3, -0.25) is 4.79 Å². The molecular weight excluding hydrogens is 188 g/mol. The van der Waals surface area contributed by atoms with Gasteiger partial charge in [-0.2, -0.15) is 0 Å². The van der Waals surface area contributed by atoms with E-state index in [1.54, 1.807) is 0 Å². The molecule has 0 aromatic rings.